The van der Waals surface area contributed by atoms with Crippen LogP contribution in [0.1, 0.15) is 54.6 Å². The summed E-state index contributed by atoms with van der Waals surface area (Å²) in [5.41, 5.74) is 1.81. The van der Waals surface area contributed by atoms with Gasteiger partial charge in [0.25, 0.3) is 15.9 Å². The first-order valence-corrected chi connectivity index (χ1v) is 11.5. The van der Waals surface area contributed by atoms with Crippen molar-refractivity contribution in [2.24, 2.45) is 4.40 Å². The molecule has 1 N–H and O–H groups in total. The molecule has 4 rings (SSSR count). The molecule has 8 heteroatoms. The summed E-state index contributed by atoms with van der Waals surface area (Å²) in [5, 5.41) is 3.53. The number of anilines is 1. The van der Waals surface area contributed by atoms with E-state index in [1.165, 1.54) is 6.07 Å². The van der Waals surface area contributed by atoms with E-state index in [0.29, 0.717) is 28.5 Å². The van der Waals surface area contributed by atoms with Gasteiger partial charge in [-0.25, -0.2) is 0 Å². The topological polar surface area (TPSA) is 78.8 Å². The molecule has 152 valence electrons. The SMILES string of the molecule is C[C@H](NC(=O)c1ccc2c(c1)S(=O)(=O)N=C1CCCCCN12)c1ccc(Cl)cc1. The van der Waals surface area contributed by atoms with Crippen molar-refractivity contribution in [2.75, 3.05) is 11.4 Å². The standard InChI is InChI=1S/C21H22ClN3O3S/c1-14(15-6-9-17(22)10-7-15)23-21(26)16-8-11-18-19(13-16)29(27,28)24-20-5-3-2-4-12-25(18)20/h6-11,13-14H,2-5,12H2,1H3,(H,23,26)/t14-/m0/s1. The molecule has 6 nitrogen and oxygen atoms in total. The lowest BCUT2D eigenvalue weighted by Crippen LogP contribution is -2.35. The average Bonchev–Trinajstić information content (AvgIpc) is 2.93. The number of amides is 1. The molecular weight excluding hydrogens is 410 g/mol. The zero-order valence-electron chi connectivity index (χ0n) is 16.1. The molecule has 0 bridgehead atoms. The third-order valence-corrected chi connectivity index (χ3v) is 6.91. The van der Waals surface area contributed by atoms with Crippen LogP contribution in [0.3, 0.4) is 0 Å². The van der Waals surface area contributed by atoms with Crippen LogP contribution in [0.2, 0.25) is 5.02 Å². The third-order valence-electron chi connectivity index (χ3n) is 5.33. The molecule has 0 spiro atoms. The highest BCUT2D eigenvalue weighted by Gasteiger charge is 2.32. The molecule has 0 aromatic heterocycles. The number of carbonyl (C=O) groups excluding carboxylic acids is 1. The maximum Gasteiger partial charge on any atom is 0.286 e. The van der Waals surface area contributed by atoms with E-state index >= 15 is 0 Å². The smallest absolute Gasteiger partial charge is 0.286 e. The molecule has 0 radical (unpaired) electrons. The lowest BCUT2D eigenvalue weighted by Gasteiger charge is -2.29. The van der Waals surface area contributed by atoms with Crippen LogP contribution >= 0.6 is 11.6 Å². The Balaban J connectivity index is 1.61. The summed E-state index contributed by atoms with van der Waals surface area (Å²) in [6, 6.07) is 11.8. The molecule has 0 saturated carbocycles. The molecule has 1 fully saturated rings. The monoisotopic (exact) mass is 431 g/mol. The van der Waals surface area contributed by atoms with E-state index in [2.05, 4.69) is 9.71 Å². The number of benzene rings is 2. The van der Waals surface area contributed by atoms with Gasteiger partial charge in [0.05, 0.1) is 11.7 Å². The van der Waals surface area contributed by atoms with E-state index in [9.17, 15) is 13.2 Å². The van der Waals surface area contributed by atoms with E-state index < -0.39 is 10.0 Å². The predicted octanol–water partition coefficient (Wildman–Crippen LogP) is 4.31. The number of amidine groups is 1. The normalized spacial score (nSPS) is 18.7. The lowest BCUT2D eigenvalue weighted by molar-refractivity contribution is 0.0939. The van der Waals surface area contributed by atoms with Gasteiger partial charge in [0.15, 0.2) is 0 Å². The van der Waals surface area contributed by atoms with Crippen molar-refractivity contribution >= 4 is 39.1 Å². The van der Waals surface area contributed by atoms with Crippen molar-refractivity contribution in [3.05, 3.63) is 58.6 Å². The van der Waals surface area contributed by atoms with Crippen LogP contribution in [0.5, 0.6) is 0 Å². The van der Waals surface area contributed by atoms with Crippen LogP contribution < -0.4 is 10.2 Å². The summed E-state index contributed by atoms with van der Waals surface area (Å²) in [6.45, 7) is 2.60. The number of halogens is 1. The Morgan fingerprint density at radius 2 is 1.90 bits per heavy atom. The van der Waals surface area contributed by atoms with Crippen LogP contribution in [-0.2, 0) is 10.0 Å². The molecule has 2 aliphatic heterocycles. The first-order chi connectivity index (χ1) is 13.8. The Hall–Kier alpha value is -2.38. The van der Waals surface area contributed by atoms with Crippen molar-refractivity contribution < 1.29 is 13.2 Å². The van der Waals surface area contributed by atoms with Gasteiger partial charge in [0.1, 0.15) is 10.7 Å². The highest BCUT2D eigenvalue weighted by molar-refractivity contribution is 7.90. The molecule has 29 heavy (non-hydrogen) atoms. The molecule has 2 aromatic carbocycles. The van der Waals surface area contributed by atoms with Crippen molar-refractivity contribution in [1.82, 2.24) is 5.32 Å². The molecule has 2 heterocycles. The summed E-state index contributed by atoms with van der Waals surface area (Å²) in [4.78, 5) is 14.8. The van der Waals surface area contributed by atoms with Gasteiger partial charge in [0, 0.05) is 23.6 Å². The first kappa shape index (κ1) is 19.9. The lowest BCUT2D eigenvalue weighted by atomic mass is 10.1. The second kappa shape index (κ2) is 7.80. The van der Waals surface area contributed by atoms with Crippen LogP contribution in [0.25, 0.3) is 0 Å². The molecule has 1 amide bonds. The molecule has 0 unspecified atom stereocenters. The van der Waals surface area contributed by atoms with Crippen LogP contribution in [0.15, 0.2) is 51.8 Å². The van der Waals surface area contributed by atoms with E-state index in [1.54, 1.807) is 24.3 Å². The third kappa shape index (κ3) is 4.02. The largest absolute Gasteiger partial charge is 0.346 e. The van der Waals surface area contributed by atoms with Crippen LogP contribution in [-0.4, -0.2) is 26.7 Å². The number of carbonyl (C=O) groups is 1. The molecule has 1 saturated heterocycles. The Kier molecular flexibility index (Phi) is 5.36. The van der Waals surface area contributed by atoms with Crippen LogP contribution in [0.4, 0.5) is 5.69 Å². The molecule has 1 atom stereocenters. The summed E-state index contributed by atoms with van der Waals surface area (Å²) in [7, 11) is -3.82. The van der Waals surface area contributed by atoms with Gasteiger partial charge in [-0.2, -0.15) is 8.42 Å². The summed E-state index contributed by atoms with van der Waals surface area (Å²) in [6.07, 6.45) is 3.62. The predicted molar refractivity (Wildman–Crippen MR) is 114 cm³/mol. The fraction of sp³-hybridized carbons (Fsp3) is 0.333. The van der Waals surface area contributed by atoms with Crippen molar-refractivity contribution in [3.8, 4) is 0 Å². The van der Waals surface area contributed by atoms with Crippen molar-refractivity contribution in [3.63, 3.8) is 0 Å². The van der Waals surface area contributed by atoms with E-state index in [0.717, 1.165) is 31.4 Å². The fourth-order valence-corrected chi connectivity index (χ4v) is 5.15. The number of hydrogen-bond donors (Lipinski definition) is 1. The van der Waals surface area contributed by atoms with E-state index in [4.69, 9.17) is 11.6 Å². The number of nitrogens with one attached hydrogen (secondary N) is 1. The Morgan fingerprint density at radius 1 is 1.14 bits per heavy atom. The van der Waals surface area contributed by atoms with Gasteiger partial charge in [0.2, 0.25) is 0 Å². The van der Waals surface area contributed by atoms with Gasteiger partial charge in [-0.05, 0) is 55.7 Å². The zero-order chi connectivity index (χ0) is 20.6. The van der Waals surface area contributed by atoms with Crippen molar-refractivity contribution in [1.29, 1.82) is 0 Å². The molecule has 2 aromatic rings. The Morgan fingerprint density at radius 3 is 2.66 bits per heavy atom. The highest BCUT2D eigenvalue weighted by Crippen LogP contribution is 2.35. The highest BCUT2D eigenvalue weighted by atomic mass is 35.5. The minimum Gasteiger partial charge on any atom is -0.346 e. The number of hydrogen-bond acceptors (Lipinski definition) is 4. The van der Waals surface area contributed by atoms with Gasteiger partial charge in [-0.3, -0.25) is 4.79 Å². The fourth-order valence-electron chi connectivity index (χ4n) is 3.74. The maximum atomic E-state index is 12.7. The second-order valence-corrected chi connectivity index (χ2v) is 9.38. The molecule has 0 aliphatic carbocycles. The van der Waals surface area contributed by atoms with Crippen molar-refractivity contribution in [2.45, 2.75) is 43.5 Å². The quantitative estimate of drug-likeness (QED) is 0.785. The number of nitrogens with zero attached hydrogens (tertiary/aromatic N) is 2. The maximum absolute atomic E-state index is 12.7. The average molecular weight is 432 g/mol. The number of rotatable bonds is 3. The Bertz CT molecular complexity index is 1080. The second-order valence-electron chi connectivity index (χ2n) is 7.37. The minimum atomic E-state index is -3.82. The summed E-state index contributed by atoms with van der Waals surface area (Å²) in [5.74, 6) is 0.264. The van der Waals surface area contributed by atoms with Crippen LogP contribution in [0, 0.1) is 0 Å². The van der Waals surface area contributed by atoms with Gasteiger partial charge < -0.3 is 10.2 Å². The van der Waals surface area contributed by atoms with E-state index in [-0.39, 0.29) is 16.8 Å². The van der Waals surface area contributed by atoms with E-state index in [1.807, 2.05) is 24.0 Å². The zero-order valence-corrected chi connectivity index (χ0v) is 17.6. The summed E-state index contributed by atoms with van der Waals surface area (Å²) < 4.78 is 29.5. The molecule has 2 aliphatic rings. The first-order valence-electron chi connectivity index (χ1n) is 9.67. The summed E-state index contributed by atoms with van der Waals surface area (Å²) >= 11 is 5.91. The Labute approximate surface area is 175 Å². The minimum absolute atomic E-state index is 0.0925. The number of fused-ring (bicyclic) bond motifs is 3. The van der Waals surface area contributed by atoms with Gasteiger partial charge in [-0.1, -0.05) is 30.2 Å². The van der Waals surface area contributed by atoms with Gasteiger partial charge in [-0.15, -0.1) is 4.40 Å². The molecular formula is C21H22ClN3O3S. The van der Waals surface area contributed by atoms with Gasteiger partial charge >= 0.3 is 0 Å². The number of sulfonamides is 1.